The summed E-state index contributed by atoms with van der Waals surface area (Å²) in [4.78, 5) is 12.6. The molecule has 0 atom stereocenters. The van der Waals surface area contributed by atoms with Crippen LogP contribution in [-0.2, 0) is 9.53 Å². The molecule has 2 N–H and O–H groups in total. The van der Waals surface area contributed by atoms with Crippen molar-refractivity contribution in [3.63, 3.8) is 0 Å². The highest BCUT2D eigenvalue weighted by Gasteiger charge is 2.39. The van der Waals surface area contributed by atoms with Gasteiger partial charge in [0.15, 0.2) is 0 Å². The smallest absolute Gasteiger partial charge is 0.226 e. The summed E-state index contributed by atoms with van der Waals surface area (Å²) in [5.41, 5.74) is -0.202. The van der Waals surface area contributed by atoms with Gasteiger partial charge in [-0.05, 0) is 50.9 Å². The fourth-order valence-corrected chi connectivity index (χ4v) is 3.33. The van der Waals surface area contributed by atoms with Gasteiger partial charge in [0.05, 0.1) is 5.41 Å². The van der Waals surface area contributed by atoms with Crippen LogP contribution in [0.4, 0.5) is 0 Å². The van der Waals surface area contributed by atoms with E-state index in [-0.39, 0.29) is 17.9 Å². The SMILES string of the molecule is CCC1(C(=O)NC2CCC(CO)CC2)CCOCC1. The molecular weight excluding hydrogens is 242 g/mol. The molecule has 1 aliphatic carbocycles. The molecule has 4 nitrogen and oxygen atoms in total. The van der Waals surface area contributed by atoms with Gasteiger partial charge in [-0.3, -0.25) is 4.79 Å². The second-order valence-corrected chi connectivity index (χ2v) is 6.12. The first-order valence-electron chi connectivity index (χ1n) is 7.70. The number of rotatable bonds is 4. The van der Waals surface area contributed by atoms with Gasteiger partial charge in [-0.25, -0.2) is 0 Å². The van der Waals surface area contributed by atoms with Gasteiger partial charge < -0.3 is 15.2 Å². The lowest BCUT2D eigenvalue weighted by Gasteiger charge is -2.37. The maximum Gasteiger partial charge on any atom is 0.226 e. The first-order chi connectivity index (χ1) is 9.20. The highest BCUT2D eigenvalue weighted by molar-refractivity contribution is 5.83. The van der Waals surface area contributed by atoms with Gasteiger partial charge in [0.2, 0.25) is 5.91 Å². The normalized spacial score (nSPS) is 30.8. The second-order valence-electron chi connectivity index (χ2n) is 6.12. The molecule has 0 unspecified atom stereocenters. The van der Waals surface area contributed by atoms with E-state index >= 15 is 0 Å². The van der Waals surface area contributed by atoms with Crippen molar-refractivity contribution in [3.05, 3.63) is 0 Å². The molecule has 1 amide bonds. The summed E-state index contributed by atoms with van der Waals surface area (Å²) in [6.07, 6.45) is 6.67. The van der Waals surface area contributed by atoms with Crippen molar-refractivity contribution in [3.8, 4) is 0 Å². The Hall–Kier alpha value is -0.610. The van der Waals surface area contributed by atoms with Gasteiger partial charge in [0, 0.05) is 25.9 Å². The highest BCUT2D eigenvalue weighted by Crippen LogP contribution is 2.35. The predicted molar refractivity (Wildman–Crippen MR) is 73.8 cm³/mol. The summed E-state index contributed by atoms with van der Waals surface area (Å²) in [5, 5.41) is 12.4. The number of amides is 1. The Morgan fingerprint density at radius 3 is 2.42 bits per heavy atom. The molecule has 1 aliphatic heterocycles. The zero-order chi connectivity index (χ0) is 13.7. The highest BCUT2D eigenvalue weighted by atomic mass is 16.5. The van der Waals surface area contributed by atoms with Crippen LogP contribution in [0, 0.1) is 11.3 Å². The van der Waals surface area contributed by atoms with Gasteiger partial charge in [0.1, 0.15) is 0 Å². The van der Waals surface area contributed by atoms with E-state index in [0.29, 0.717) is 25.2 Å². The lowest BCUT2D eigenvalue weighted by molar-refractivity contribution is -0.138. The molecule has 1 heterocycles. The largest absolute Gasteiger partial charge is 0.396 e. The summed E-state index contributed by atoms with van der Waals surface area (Å²) < 4.78 is 5.39. The Morgan fingerprint density at radius 2 is 1.89 bits per heavy atom. The zero-order valence-electron chi connectivity index (χ0n) is 12.0. The quantitative estimate of drug-likeness (QED) is 0.819. The molecule has 19 heavy (non-hydrogen) atoms. The van der Waals surface area contributed by atoms with Gasteiger partial charge in [0.25, 0.3) is 0 Å². The number of hydrogen-bond donors (Lipinski definition) is 2. The molecule has 0 bridgehead atoms. The molecule has 0 radical (unpaired) electrons. The lowest BCUT2D eigenvalue weighted by Crippen LogP contribution is -2.48. The van der Waals surface area contributed by atoms with Crippen LogP contribution in [0.5, 0.6) is 0 Å². The minimum atomic E-state index is -0.202. The third-order valence-electron chi connectivity index (χ3n) is 5.05. The number of aliphatic hydroxyl groups is 1. The van der Waals surface area contributed by atoms with Gasteiger partial charge in [-0.2, -0.15) is 0 Å². The van der Waals surface area contributed by atoms with Crippen molar-refractivity contribution in [1.29, 1.82) is 0 Å². The van der Waals surface area contributed by atoms with E-state index in [1.54, 1.807) is 0 Å². The van der Waals surface area contributed by atoms with Crippen molar-refractivity contribution >= 4 is 5.91 Å². The Morgan fingerprint density at radius 1 is 1.26 bits per heavy atom. The molecule has 0 aromatic rings. The fraction of sp³-hybridized carbons (Fsp3) is 0.933. The van der Waals surface area contributed by atoms with Crippen molar-refractivity contribution < 1.29 is 14.6 Å². The average Bonchev–Trinajstić information content (AvgIpc) is 2.48. The van der Waals surface area contributed by atoms with E-state index in [1.807, 2.05) is 0 Å². The third kappa shape index (κ3) is 3.48. The van der Waals surface area contributed by atoms with Gasteiger partial charge >= 0.3 is 0 Å². The van der Waals surface area contributed by atoms with Gasteiger partial charge in [-0.1, -0.05) is 6.92 Å². The molecule has 2 fully saturated rings. The predicted octanol–water partition coefficient (Wildman–Crippen LogP) is 1.86. The number of carbonyl (C=O) groups is 1. The first kappa shape index (κ1) is 14.8. The molecular formula is C15H27NO3. The molecule has 1 saturated carbocycles. The summed E-state index contributed by atoms with van der Waals surface area (Å²) in [6.45, 7) is 3.81. The van der Waals surface area contributed by atoms with Crippen LogP contribution in [-0.4, -0.2) is 36.9 Å². The minimum absolute atomic E-state index is 0.202. The third-order valence-corrected chi connectivity index (χ3v) is 5.05. The van der Waals surface area contributed by atoms with Crippen molar-refractivity contribution in [2.24, 2.45) is 11.3 Å². The van der Waals surface area contributed by atoms with Crippen LogP contribution in [0.25, 0.3) is 0 Å². The van der Waals surface area contributed by atoms with E-state index in [4.69, 9.17) is 9.84 Å². The summed E-state index contributed by atoms with van der Waals surface area (Å²) >= 11 is 0. The molecule has 2 rings (SSSR count). The number of carbonyl (C=O) groups excluding carboxylic acids is 1. The maximum atomic E-state index is 12.6. The fourth-order valence-electron chi connectivity index (χ4n) is 3.33. The van der Waals surface area contributed by atoms with Crippen LogP contribution in [0.3, 0.4) is 0 Å². The van der Waals surface area contributed by atoms with Crippen LogP contribution < -0.4 is 5.32 Å². The van der Waals surface area contributed by atoms with Gasteiger partial charge in [-0.15, -0.1) is 0 Å². The molecule has 2 aliphatic rings. The summed E-state index contributed by atoms with van der Waals surface area (Å²) in [7, 11) is 0. The molecule has 0 aromatic heterocycles. The van der Waals surface area contributed by atoms with Crippen LogP contribution in [0.1, 0.15) is 51.9 Å². The second kappa shape index (κ2) is 6.71. The van der Waals surface area contributed by atoms with E-state index in [2.05, 4.69) is 12.2 Å². The Labute approximate surface area is 115 Å². The zero-order valence-corrected chi connectivity index (χ0v) is 12.0. The Balaban J connectivity index is 1.86. The Kier molecular flexibility index (Phi) is 5.22. The van der Waals surface area contributed by atoms with E-state index < -0.39 is 0 Å². The van der Waals surface area contributed by atoms with Crippen molar-refractivity contribution in [2.75, 3.05) is 19.8 Å². The molecule has 1 saturated heterocycles. The van der Waals surface area contributed by atoms with Crippen LogP contribution >= 0.6 is 0 Å². The minimum Gasteiger partial charge on any atom is -0.396 e. The Bertz CT molecular complexity index is 292. The molecule has 0 spiro atoms. The average molecular weight is 269 g/mol. The standard InChI is InChI=1S/C15H27NO3/c1-2-15(7-9-19-10-8-15)14(18)16-13-5-3-12(11-17)4-6-13/h12-13,17H,2-11H2,1H3,(H,16,18). The van der Waals surface area contributed by atoms with Crippen molar-refractivity contribution in [1.82, 2.24) is 5.32 Å². The molecule has 4 heteroatoms. The van der Waals surface area contributed by atoms with E-state index in [9.17, 15) is 4.79 Å². The maximum absolute atomic E-state index is 12.6. The number of nitrogens with one attached hydrogen (secondary N) is 1. The first-order valence-corrected chi connectivity index (χ1v) is 7.70. The van der Waals surface area contributed by atoms with E-state index in [1.165, 1.54) is 0 Å². The van der Waals surface area contributed by atoms with Crippen LogP contribution in [0.2, 0.25) is 0 Å². The summed E-state index contributed by atoms with van der Waals surface area (Å²) in [5.74, 6) is 0.669. The number of aliphatic hydroxyl groups excluding tert-OH is 1. The van der Waals surface area contributed by atoms with Crippen LogP contribution in [0.15, 0.2) is 0 Å². The lowest BCUT2D eigenvalue weighted by atomic mass is 9.76. The number of ether oxygens (including phenoxy) is 1. The van der Waals surface area contributed by atoms with Crippen molar-refractivity contribution in [2.45, 2.75) is 57.9 Å². The topological polar surface area (TPSA) is 58.6 Å². The summed E-state index contributed by atoms with van der Waals surface area (Å²) in [6, 6.07) is 0.307. The molecule has 0 aromatic carbocycles. The molecule has 110 valence electrons. The number of hydrogen-bond acceptors (Lipinski definition) is 3. The van der Waals surface area contributed by atoms with E-state index in [0.717, 1.165) is 44.9 Å². The monoisotopic (exact) mass is 269 g/mol.